The second kappa shape index (κ2) is 6.69. The van der Waals surface area contributed by atoms with Crippen LogP contribution in [0.15, 0.2) is 16.7 Å². The fourth-order valence-corrected chi connectivity index (χ4v) is 4.73. The maximum atomic E-state index is 12.6. The highest BCUT2D eigenvalue weighted by atomic mass is 32.1. The lowest BCUT2D eigenvalue weighted by Gasteiger charge is -2.17. The highest BCUT2D eigenvalue weighted by Gasteiger charge is 2.31. The molecule has 128 valence electrons. The molecule has 24 heavy (non-hydrogen) atoms. The van der Waals surface area contributed by atoms with E-state index in [9.17, 15) is 4.79 Å². The van der Waals surface area contributed by atoms with Gasteiger partial charge in [-0.25, -0.2) is 0 Å². The standard InChI is InChI=1S/C18H22N2O3S/c1-11-6-14(23-20-11)7-13-9-22-10-15(13)19-18(21)17-8-12-4-2-3-5-16(12)24-17/h6,8,13,15H,2-5,7,9-10H2,1H3,(H,19,21)/t13-,15+/m1/s1. The summed E-state index contributed by atoms with van der Waals surface area (Å²) in [5.41, 5.74) is 2.25. The molecule has 1 N–H and O–H groups in total. The summed E-state index contributed by atoms with van der Waals surface area (Å²) < 4.78 is 10.9. The van der Waals surface area contributed by atoms with E-state index in [0.29, 0.717) is 13.2 Å². The summed E-state index contributed by atoms with van der Waals surface area (Å²) in [5, 5.41) is 7.09. The topological polar surface area (TPSA) is 64.4 Å². The van der Waals surface area contributed by atoms with E-state index < -0.39 is 0 Å². The summed E-state index contributed by atoms with van der Waals surface area (Å²) in [6.07, 6.45) is 5.45. The minimum Gasteiger partial charge on any atom is -0.379 e. The van der Waals surface area contributed by atoms with Crippen LogP contribution in [0.5, 0.6) is 0 Å². The molecule has 1 aliphatic carbocycles. The summed E-state index contributed by atoms with van der Waals surface area (Å²) in [5.74, 6) is 1.12. The third kappa shape index (κ3) is 3.26. The number of hydrogen-bond acceptors (Lipinski definition) is 5. The monoisotopic (exact) mass is 346 g/mol. The van der Waals surface area contributed by atoms with E-state index in [1.807, 2.05) is 13.0 Å². The Morgan fingerprint density at radius 3 is 3.00 bits per heavy atom. The highest BCUT2D eigenvalue weighted by Crippen LogP contribution is 2.30. The van der Waals surface area contributed by atoms with E-state index in [2.05, 4.69) is 16.5 Å². The van der Waals surface area contributed by atoms with Crippen molar-refractivity contribution in [1.82, 2.24) is 10.5 Å². The Kier molecular flexibility index (Phi) is 4.41. The summed E-state index contributed by atoms with van der Waals surface area (Å²) in [7, 11) is 0. The summed E-state index contributed by atoms with van der Waals surface area (Å²) in [6, 6.07) is 4.06. The van der Waals surface area contributed by atoms with Crippen LogP contribution >= 0.6 is 11.3 Å². The number of hydrogen-bond donors (Lipinski definition) is 1. The van der Waals surface area contributed by atoms with Crippen LogP contribution in [-0.2, 0) is 24.0 Å². The molecule has 1 saturated heterocycles. The Morgan fingerprint density at radius 2 is 2.21 bits per heavy atom. The molecular formula is C18H22N2O3S. The first-order valence-electron chi connectivity index (χ1n) is 8.61. The number of carbonyl (C=O) groups excluding carboxylic acids is 1. The zero-order chi connectivity index (χ0) is 16.5. The van der Waals surface area contributed by atoms with Crippen molar-refractivity contribution in [2.45, 2.75) is 45.1 Å². The van der Waals surface area contributed by atoms with Gasteiger partial charge in [0.2, 0.25) is 0 Å². The third-order valence-corrected chi connectivity index (χ3v) is 6.11. The molecule has 3 heterocycles. The van der Waals surface area contributed by atoms with Gasteiger partial charge in [0.05, 0.1) is 29.8 Å². The lowest BCUT2D eigenvalue weighted by Crippen LogP contribution is -2.40. The van der Waals surface area contributed by atoms with Crippen LogP contribution in [0.4, 0.5) is 0 Å². The van der Waals surface area contributed by atoms with Gasteiger partial charge in [0, 0.05) is 23.3 Å². The molecule has 1 amide bonds. The molecule has 1 aliphatic heterocycles. The Hall–Kier alpha value is -1.66. The molecule has 2 aromatic rings. The lowest BCUT2D eigenvalue weighted by atomic mass is 9.97. The first kappa shape index (κ1) is 15.8. The van der Waals surface area contributed by atoms with E-state index in [-0.39, 0.29) is 17.9 Å². The summed E-state index contributed by atoms with van der Waals surface area (Å²) in [6.45, 7) is 3.12. The van der Waals surface area contributed by atoms with Crippen LogP contribution < -0.4 is 5.32 Å². The molecule has 0 bridgehead atoms. The predicted molar refractivity (Wildman–Crippen MR) is 91.5 cm³/mol. The molecule has 4 rings (SSSR count). The molecule has 0 unspecified atom stereocenters. The zero-order valence-corrected chi connectivity index (χ0v) is 14.7. The zero-order valence-electron chi connectivity index (χ0n) is 13.8. The van der Waals surface area contributed by atoms with Crippen molar-refractivity contribution in [3.63, 3.8) is 0 Å². The van der Waals surface area contributed by atoms with Gasteiger partial charge >= 0.3 is 0 Å². The van der Waals surface area contributed by atoms with Gasteiger partial charge < -0.3 is 14.6 Å². The quantitative estimate of drug-likeness (QED) is 0.924. The highest BCUT2D eigenvalue weighted by molar-refractivity contribution is 7.14. The minimum absolute atomic E-state index is 0.0297. The third-order valence-electron chi connectivity index (χ3n) is 4.88. The van der Waals surface area contributed by atoms with Crippen molar-refractivity contribution in [2.75, 3.05) is 13.2 Å². The number of carbonyl (C=O) groups is 1. The molecular weight excluding hydrogens is 324 g/mol. The molecule has 2 aromatic heterocycles. The number of aryl methyl sites for hydroxylation is 3. The van der Waals surface area contributed by atoms with Crippen LogP contribution in [0.1, 0.15) is 44.4 Å². The Bertz CT molecular complexity index is 713. The smallest absolute Gasteiger partial charge is 0.261 e. The van der Waals surface area contributed by atoms with Crippen molar-refractivity contribution in [1.29, 1.82) is 0 Å². The van der Waals surface area contributed by atoms with Crippen molar-refractivity contribution in [3.05, 3.63) is 38.9 Å². The van der Waals surface area contributed by atoms with E-state index in [0.717, 1.165) is 35.6 Å². The average Bonchev–Trinajstić information content (AvgIpc) is 3.28. The number of ether oxygens (including phenoxy) is 1. The minimum atomic E-state index is 0.0297. The SMILES string of the molecule is Cc1cc(C[C@@H]2COC[C@@H]2NC(=O)c2cc3c(s2)CCCC3)on1. The Balaban J connectivity index is 1.41. The largest absolute Gasteiger partial charge is 0.379 e. The average molecular weight is 346 g/mol. The second-order valence-corrected chi connectivity index (χ2v) is 7.92. The van der Waals surface area contributed by atoms with Crippen molar-refractivity contribution in [2.24, 2.45) is 5.92 Å². The van der Waals surface area contributed by atoms with Crippen LogP contribution in [0.3, 0.4) is 0 Å². The van der Waals surface area contributed by atoms with Gasteiger partial charge in [0.1, 0.15) is 5.76 Å². The normalized spacial score (nSPS) is 23.2. The molecule has 2 aliphatic rings. The number of aromatic nitrogens is 1. The molecule has 2 atom stereocenters. The van der Waals surface area contributed by atoms with Crippen molar-refractivity contribution >= 4 is 17.2 Å². The number of rotatable bonds is 4. The van der Waals surface area contributed by atoms with E-state index in [4.69, 9.17) is 9.26 Å². The van der Waals surface area contributed by atoms with E-state index in [1.165, 1.54) is 23.3 Å². The number of nitrogens with zero attached hydrogens (tertiary/aromatic N) is 1. The predicted octanol–water partition coefficient (Wildman–Crippen LogP) is 2.91. The molecule has 0 aromatic carbocycles. The van der Waals surface area contributed by atoms with Gasteiger partial charge in [-0.15, -0.1) is 11.3 Å². The lowest BCUT2D eigenvalue weighted by molar-refractivity contribution is 0.0928. The molecule has 0 radical (unpaired) electrons. The number of thiophene rings is 1. The van der Waals surface area contributed by atoms with E-state index >= 15 is 0 Å². The van der Waals surface area contributed by atoms with Crippen molar-refractivity contribution in [3.8, 4) is 0 Å². The fraction of sp³-hybridized carbons (Fsp3) is 0.556. The van der Waals surface area contributed by atoms with Crippen LogP contribution in [-0.4, -0.2) is 30.3 Å². The van der Waals surface area contributed by atoms with Gasteiger partial charge in [-0.1, -0.05) is 5.16 Å². The first-order valence-corrected chi connectivity index (χ1v) is 9.43. The van der Waals surface area contributed by atoms with Gasteiger partial charge in [-0.05, 0) is 44.2 Å². The molecule has 5 nitrogen and oxygen atoms in total. The fourth-order valence-electron chi connectivity index (χ4n) is 3.57. The van der Waals surface area contributed by atoms with Gasteiger partial charge in [-0.2, -0.15) is 0 Å². The molecule has 6 heteroatoms. The summed E-state index contributed by atoms with van der Waals surface area (Å²) in [4.78, 5) is 14.9. The maximum Gasteiger partial charge on any atom is 0.261 e. The number of amides is 1. The van der Waals surface area contributed by atoms with E-state index in [1.54, 1.807) is 11.3 Å². The van der Waals surface area contributed by atoms with Gasteiger partial charge in [0.15, 0.2) is 0 Å². The maximum absolute atomic E-state index is 12.6. The van der Waals surface area contributed by atoms with Gasteiger partial charge in [-0.3, -0.25) is 4.79 Å². The van der Waals surface area contributed by atoms with Crippen LogP contribution in [0.25, 0.3) is 0 Å². The number of fused-ring (bicyclic) bond motifs is 1. The van der Waals surface area contributed by atoms with Crippen LogP contribution in [0, 0.1) is 12.8 Å². The Morgan fingerprint density at radius 1 is 1.33 bits per heavy atom. The van der Waals surface area contributed by atoms with Gasteiger partial charge in [0.25, 0.3) is 5.91 Å². The van der Waals surface area contributed by atoms with Crippen LogP contribution in [0.2, 0.25) is 0 Å². The number of nitrogens with one attached hydrogen (secondary N) is 1. The molecule has 0 saturated carbocycles. The Labute approximate surface area is 145 Å². The first-order chi connectivity index (χ1) is 11.7. The van der Waals surface area contributed by atoms with Crippen molar-refractivity contribution < 1.29 is 14.1 Å². The molecule has 0 spiro atoms. The summed E-state index contributed by atoms with van der Waals surface area (Å²) >= 11 is 1.65. The second-order valence-electron chi connectivity index (χ2n) is 6.78. The molecule has 1 fully saturated rings.